The van der Waals surface area contributed by atoms with E-state index in [1.54, 1.807) is 23.6 Å². The van der Waals surface area contributed by atoms with Gasteiger partial charge in [0.25, 0.3) is 5.56 Å². The van der Waals surface area contributed by atoms with Crippen molar-refractivity contribution in [1.82, 2.24) is 9.55 Å². The maximum Gasteiger partial charge on any atom is 0.338 e. The van der Waals surface area contributed by atoms with Gasteiger partial charge in [0.2, 0.25) is 0 Å². The molecule has 0 saturated carbocycles. The van der Waals surface area contributed by atoms with Crippen LogP contribution in [0.1, 0.15) is 36.5 Å². The van der Waals surface area contributed by atoms with Crippen molar-refractivity contribution in [2.24, 2.45) is 0 Å². The van der Waals surface area contributed by atoms with Crippen molar-refractivity contribution >= 4 is 16.9 Å². The lowest BCUT2D eigenvalue weighted by atomic mass is 10.00. The molecular weight excluding hydrogens is 388 g/mol. The zero-order chi connectivity index (χ0) is 21.8. The second-order valence-electron chi connectivity index (χ2n) is 7.25. The van der Waals surface area contributed by atoms with Gasteiger partial charge in [0.15, 0.2) is 0 Å². The average molecular weight is 412 g/mol. The van der Waals surface area contributed by atoms with Crippen LogP contribution in [0.15, 0.2) is 77.6 Å². The van der Waals surface area contributed by atoms with Crippen LogP contribution in [0, 0.1) is 0 Å². The Bertz CT molecular complexity index is 1280. The van der Waals surface area contributed by atoms with Crippen LogP contribution in [0.2, 0.25) is 0 Å². The summed E-state index contributed by atoms with van der Waals surface area (Å²) in [6.45, 7) is 4.18. The van der Waals surface area contributed by atoms with Crippen LogP contribution in [0.3, 0.4) is 0 Å². The van der Waals surface area contributed by atoms with Gasteiger partial charge in [0, 0.05) is 6.42 Å². The van der Waals surface area contributed by atoms with Crippen LogP contribution in [-0.4, -0.2) is 22.1 Å². The van der Waals surface area contributed by atoms with Gasteiger partial charge in [0.05, 0.1) is 28.8 Å². The largest absolute Gasteiger partial charge is 0.462 e. The van der Waals surface area contributed by atoms with Crippen molar-refractivity contribution in [3.05, 3.63) is 94.5 Å². The van der Waals surface area contributed by atoms with E-state index in [1.165, 1.54) is 0 Å². The molecule has 0 unspecified atom stereocenters. The Balaban J connectivity index is 1.92. The SMILES string of the molecule is CCCc1nc2cccc(-c3ccc(C(=O)OCC)cc3)c2c(=O)n1-c1ccccc1. The van der Waals surface area contributed by atoms with E-state index in [9.17, 15) is 9.59 Å². The van der Waals surface area contributed by atoms with Gasteiger partial charge in [0.1, 0.15) is 5.82 Å². The maximum absolute atomic E-state index is 13.7. The van der Waals surface area contributed by atoms with E-state index in [1.807, 2.05) is 60.7 Å². The minimum atomic E-state index is -0.357. The first-order chi connectivity index (χ1) is 15.1. The predicted octanol–water partition coefficient (Wildman–Crippen LogP) is 5.18. The number of nitrogens with zero attached hydrogens (tertiary/aromatic N) is 2. The second-order valence-corrected chi connectivity index (χ2v) is 7.25. The van der Waals surface area contributed by atoms with Crippen LogP contribution in [-0.2, 0) is 11.2 Å². The molecule has 5 nitrogen and oxygen atoms in total. The first-order valence-electron chi connectivity index (χ1n) is 10.5. The van der Waals surface area contributed by atoms with Crippen LogP contribution < -0.4 is 5.56 Å². The summed E-state index contributed by atoms with van der Waals surface area (Å²) in [5, 5.41) is 0.565. The fourth-order valence-electron chi connectivity index (χ4n) is 3.75. The molecule has 0 bridgehead atoms. The summed E-state index contributed by atoms with van der Waals surface area (Å²) < 4.78 is 6.77. The lowest BCUT2D eigenvalue weighted by molar-refractivity contribution is 0.0526. The summed E-state index contributed by atoms with van der Waals surface area (Å²) in [6, 6.07) is 22.4. The standard InChI is InChI=1S/C26H24N2O3/c1-3-9-23-27-22-13-8-12-21(18-14-16-19(17-15-18)26(30)31-4-2)24(22)25(29)28(23)20-10-6-5-7-11-20/h5-8,10-17H,3-4,9H2,1-2H3. The smallest absolute Gasteiger partial charge is 0.338 e. The Labute approximate surface area is 181 Å². The summed E-state index contributed by atoms with van der Waals surface area (Å²) >= 11 is 0. The fourth-order valence-corrected chi connectivity index (χ4v) is 3.75. The molecule has 4 rings (SSSR count). The highest BCUT2D eigenvalue weighted by molar-refractivity contribution is 5.95. The molecule has 1 heterocycles. The summed E-state index contributed by atoms with van der Waals surface area (Å²) in [5.41, 5.74) is 3.50. The Morgan fingerprint density at radius 2 is 1.68 bits per heavy atom. The quantitative estimate of drug-likeness (QED) is 0.409. The summed E-state index contributed by atoms with van der Waals surface area (Å²) in [4.78, 5) is 30.5. The van der Waals surface area contributed by atoms with Gasteiger partial charge in [-0.2, -0.15) is 0 Å². The number of para-hydroxylation sites is 1. The molecular formula is C26H24N2O3. The molecule has 0 radical (unpaired) electrons. The van der Waals surface area contributed by atoms with Crippen molar-refractivity contribution in [1.29, 1.82) is 0 Å². The molecule has 1 aromatic heterocycles. The van der Waals surface area contributed by atoms with E-state index < -0.39 is 0 Å². The van der Waals surface area contributed by atoms with E-state index in [0.29, 0.717) is 29.5 Å². The Hall–Kier alpha value is -3.73. The Kier molecular flexibility index (Phi) is 5.94. The van der Waals surface area contributed by atoms with E-state index >= 15 is 0 Å². The van der Waals surface area contributed by atoms with Gasteiger partial charge in [-0.1, -0.05) is 49.4 Å². The third kappa shape index (κ3) is 3.99. The van der Waals surface area contributed by atoms with E-state index in [4.69, 9.17) is 9.72 Å². The first kappa shape index (κ1) is 20.5. The fraction of sp³-hybridized carbons (Fsp3) is 0.192. The van der Waals surface area contributed by atoms with E-state index in [-0.39, 0.29) is 11.5 Å². The van der Waals surface area contributed by atoms with Gasteiger partial charge in [-0.15, -0.1) is 0 Å². The molecule has 0 amide bonds. The molecule has 0 atom stereocenters. The Morgan fingerprint density at radius 1 is 0.935 bits per heavy atom. The molecule has 31 heavy (non-hydrogen) atoms. The minimum Gasteiger partial charge on any atom is -0.462 e. The number of benzene rings is 3. The molecule has 0 aliphatic carbocycles. The Morgan fingerprint density at radius 3 is 2.35 bits per heavy atom. The number of carbonyl (C=O) groups excluding carboxylic acids is 1. The lowest BCUT2D eigenvalue weighted by Gasteiger charge is -2.15. The monoisotopic (exact) mass is 412 g/mol. The van der Waals surface area contributed by atoms with E-state index in [2.05, 4.69) is 6.92 Å². The number of esters is 1. The lowest BCUT2D eigenvalue weighted by Crippen LogP contribution is -2.24. The molecule has 5 heteroatoms. The molecule has 156 valence electrons. The summed E-state index contributed by atoms with van der Waals surface area (Å²) in [6.07, 6.45) is 1.60. The zero-order valence-electron chi connectivity index (χ0n) is 17.7. The number of hydrogen-bond donors (Lipinski definition) is 0. The molecule has 0 aliphatic rings. The van der Waals surface area contributed by atoms with Gasteiger partial charge in [-0.3, -0.25) is 9.36 Å². The number of rotatable bonds is 6. The zero-order valence-corrected chi connectivity index (χ0v) is 17.7. The summed E-state index contributed by atoms with van der Waals surface area (Å²) in [5.74, 6) is 0.394. The topological polar surface area (TPSA) is 61.2 Å². The van der Waals surface area contributed by atoms with Crippen molar-refractivity contribution < 1.29 is 9.53 Å². The number of ether oxygens (including phenoxy) is 1. The van der Waals surface area contributed by atoms with Crippen LogP contribution >= 0.6 is 0 Å². The van der Waals surface area contributed by atoms with Crippen molar-refractivity contribution in [2.45, 2.75) is 26.7 Å². The van der Waals surface area contributed by atoms with Gasteiger partial charge < -0.3 is 4.74 Å². The number of aryl methyl sites for hydroxylation is 1. The molecule has 0 N–H and O–H groups in total. The molecule has 3 aromatic carbocycles. The molecule has 0 saturated heterocycles. The van der Waals surface area contributed by atoms with Crippen LogP contribution in [0.5, 0.6) is 0 Å². The van der Waals surface area contributed by atoms with E-state index in [0.717, 1.165) is 29.1 Å². The van der Waals surface area contributed by atoms with Crippen LogP contribution in [0.4, 0.5) is 0 Å². The highest BCUT2D eigenvalue weighted by Crippen LogP contribution is 2.27. The third-order valence-electron chi connectivity index (χ3n) is 5.16. The number of hydrogen-bond acceptors (Lipinski definition) is 4. The second kappa shape index (κ2) is 8.96. The van der Waals surface area contributed by atoms with Gasteiger partial charge >= 0.3 is 5.97 Å². The number of aromatic nitrogens is 2. The highest BCUT2D eigenvalue weighted by Gasteiger charge is 2.16. The van der Waals surface area contributed by atoms with Crippen molar-refractivity contribution in [3.63, 3.8) is 0 Å². The number of carbonyl (C=O) groups is 1. The molecule has 0 fully saturated rings. The van der Waals surface area contributed by atoms with Crippen LogP contribution in [0.25, 0.3) is 27.7 Å². The predicted molar refractivity (Wildman–Crippen MR) is 123 cm³/mol. The third-order valence-corrected chi connectivity index (χ3v) is 5.16. The highest BCUT2D eigenvalue weighted by atomic mass is 16.5. The number of fused-ring (bicyclic) bond motifs is 1. The first-order valence-corrected chi connectivity index (χ1v) is 10.5. The summed E-state index contributed by atoms with van der Waals surface area (Å²) in [7, 11) is 0. The van der Waals surface area contributed by atoms with Crippen molar-refractivity contribution in [3.8, 4) is 16.8 Å². The van der Waals surface area contributed by atoms with Gasteiger partial charge in [-0.25, -0.2) is 9.78 Å². The molecule has 0 aliphatic heterocycles. The van der Waals surface area contributed by atoms with Crippen molar-refractivity contribution in [2.75, 3.05) is 6.61 Å². The molecule has 4 aromatic rings. The minimum absolute atomic E-state index is 0.0929. The maximum atomic E-state index is 13.7. The molecule has 0 spiro atoms. The van der Waals surface area contributed by atoms with Gasteiger partial charge in [-0.05, 0) is 54.8 Å². The normalized spacial score (nSPS) is 10.9. The average Bonchev–Trinajstić information content (AvgIpc) is 2.80.